The third-order valence-electron chi connectivity index (χ3n) is 4.10. The minimum absolute atomic E-state index is 0.716. The van der Waals surface area contributed by atoms with Crippen molar-refractivity contribution in [2.75, 3.05) is 5.32 Å². The first-order chi connectivity index (χ1) is 12.7. The number of nitrogens with zero attached hydrogens (tertiary/aromatic N) is 2. The van der Waals surface area contributed by atoms with Gasteiger partial charge in [-0.05, 0) is 53.6 Å². The van der Waals surface area contributed by atoms with Crippen molar-refractivity contribution in [1.29, 1.82) is 0 Å². The van der Waals surface area contributed by atoms with Crippen LogP contribution in [0.3, 0.4) is 0 Å². The highest BCUT2D eigenvalue weighted by atomic mass is 35.5. The van der Waals surface area contributed by atoms with Crippen LogP contribution in [-0.2, 0) is 0 Å². The fourth-order valence-electron chi connectivity index (χ4n) is 2.80. The number of hydrogen-bond acceptors (Lipinski definition) is 3. The normalized spacial score (nSPS) is 10.5. The third kappa shape index (κ3) is 3.23. The molecular formula is C22H14ClN3. The molecule has 4 heteroatoms. The summed E-state index contributed by atoms with van der Waals surface area (Å²) in [7, 11) is 0. The molecule has 0 aliphatic heterocycles. The molecule has 0 saturated carbocycles. The molecule has 0 amide bonds. The van der Waals surface area contributed by atoms with Gasteiger partial charge in [0.1, 0.15) is 12.1 Å². The van der Waals surface area contributed by atoms with E-state index in [0.717, 1.165) is 39.1 Å². The molecule has 0 saturated heterocycles. The smallest absolute Gasteiger partial charge is 0.141 e. The maximum absolute atomic E-state index is 5.99. The maximum atomic E-state index is 5.99. The summed E-state index contributed by atoms with van der Waals surface area (Å²) in [6, 6.07) is 21.5. The Bertz CT molecular complexity index is 1130. The number of anilines is 2. The zero-order valence-electron chi connectivity index (χ0n) is 13.8. The van der Waals surface area contributed by atoms with Crippen molar-refractivity contribution in [3.05, 3.63) is 83.6 Å². The number of terminal acetylenes is 1. The van der Waals surface area contributed by atoms with Gasteiger partial charge in [-0.1, -0.05) is 41.8 Å². The number of rotatable bonds is 3. The van der Waals surface area contributed by atoms with Crippen molar-refractivity contribution in [2.45, 2.75) is 0 Å². The van der Waals surface area contributed by atoms with Crippen LogP contribution < -0.4 is 5.32 Å². The van der Waals surface area contributed by atoms with Gasteiger partial charge in [0.25, 0.3) is 0 Å². The molecule has 3 aromatic carbocycles. The highest BCUT2D eigenvalue weighted by Gasteiger charge is 2.07. The number of fused-ring (bicyclic) bond motifs is 1. The molecule has 1 N–H and O–H groups in total. The quantitative estimate of drug-likeness (QED) is 0.481. The van der Waals surface area contributed by atoms with Crippen LogP contribution in [0.5, 0.6) is 0 Å². The summed E-state index contributed by atoms with van der Waals surface area (Å²) < 4.78 is 0. The Morgan fingerprint density at radius 1 is 0.885 bits per heavy atom. The zero-order chi connectivity index (χ0) is 17.9. The molecule has 0 aliphatic rings. The summed E-state index contributed by atoms with van der Waals surface area (Å²) in [5.74, 6) is 3.38. The Balaban J connectivity index is 1.78. The number of halogens is 1. The van der Waals surface area contributed by atoms with Crippen molar-refractivity contribution >= 4 is 34.0 Å². The van der Waals surface area contributed by atoms with E-state index in [-0.39, 0.29) is 0 Å². The van der Waals surface area contributed by atoms with Gasteiger partial charge >= 0.3 is 0 Å². The fourth-order valence-corrected chi connectivity index (χ4v) is 2.93. The summed E-state index contributed by atoms with van der Waals surface area (Å²) in [6.45, 7) is 0. The van der Waals surface area contributed by atoms with Gasteiger partial charge in [-0.2, -0.15) is 0 Å². The minimum atomic E-state index is 0.716. The molecule has 0 radical (unpaired) electrons. The second-order valence-electron chi connectivity index (χ2n) is 5.81. The largest absolute Gasteiger partial charge is 0.340 e. The molecular weight excluding hydrogens is 342 g/mol. The topological polar surface area (TPSA) is 37.8 Å². The monoisotopic (exact) mass is 355 g/mol. The molecule has 0 atom stereocenters. The lowest BCUT2D eigenvalue weighted by atomic mass is 10.0. The standard InChI is InChI=1S/C22H14ClN3/c1-2-15-4-3-5-19(12-15)26-22-20-13-17(8-11-21(20)24-14-25-22)16-6-9-18(23)10-7-16/h1,3-14H,(H,24,25,26). The highest BCUT2D eigenvalue weighted by molar-refractivity contribution is 6.30. The van der Waals surface area contributed by atoms with E-state index >= 15 is 0 Å². The lowest BCUT2D eigenvalue weighted by Gasteiger charge is -2.10. The van der Waals surface area contributed by atoms with E-state index in [9.17, 15) is 0 Å². The van der Waals surface area contributed by atoms with Crippen molar-refractivity contribution in [1.82, 2.24) is 9.97 Å². The van der Waals surface area contributed by atoms with Crippen LogP contribution in [-0.4, -0.2) is 9.97 Å². The van der Waals surface area contributed by atoms with Gasteiger partial charge in [0, 0.05) is 21.7 Å². The number of aromatic nitrogens is 2. The minimum Gasteiger partial charge on any atom is -0.340 e. The Labute approximate surface area is 156 Å². The van der Waals surface area contributed by atoms with Gasteiger partial charge in [-0.15, -0.1) is 6.42 Å². The van der Waals surface area contributed by atoms with E-state index in [4.69, 9.17) is 18.0 Å². The van der Waals surface area contributed by atoms with E-state index in [0.29, 0.717) is 5.02 Å². The van der Waals surface area contributed by atoms with Gasteiger partial charge in [0.15, 0.2) is 0 Å². The summed E-state index contributed by atoms with van der Waals surface area (Å²) >= 11 is 5.99. The summed E-state index contributed by atoms with van der Waals surface area (Å²) in [4.78, 5) is 8.77. The van der Waals surface area contributed by atoms with E-state index < -0.39 is 0 Å². The van der Waals surface area contributed by atoms with Gasteiger partial charge in [-0.25, -0.2) is 9.97 Å². The van der Waals surface area contributed by atoms with Crippen molar-refractivity contribution in [3.63, 3.8) is 0 Å². The molecule has 0 fully saturated rings. The molecule has 26 heavy (non-hydrogen) atoms. The maximum Gasteiger partial charge on any atom is 0.141 e. The Kier molecular flexibility index (Phi) is 4.27. The van der Waals surface area contributed by atoms with Gasteiger partial charge in [0.2, 0.25) is 0 Å². The third-order valence-corrected chi connectivity index (χ3v) is 4.36. The molecule has 4 rings (SSSR count). The lowest BCUT2D eigenvalue weighted by molar-refractivity contribution is 1.22. The highest BCUT2D eigenvalue weighted by Crippen LogP contribution is 2.29. The zero-order valence-corrected chi connectivity index (χ0v) is 14.5. The van der Waals surface area contributed by atoms with Crippen LogP contribution in [0.4, 0.5) is 11.5 Å². The van der Waals surface area contributed by atoms with Crippen LogP contribution >= 0.6 is 11.6 Å². The molecule has 0 spiro atoms. The molecule has 3 nitrogen and oxygen atoms in total. The van der Waals surface area contributed by atoms with E-state index in [1.165, 1.54) is 0 Å². The van der Waals surface area contributed by atoms with Gasteiger partial charge in [0.05, 0.1) is 5.52 Å². The molecule has 0 aliphatic carbocycles. The average Bonchev–Trinajstić information content (AvgIpc) is 2.69. The Morgan fingerprint density at radius 3 is 2.50 bits per heavy atom. The van der Waals surface area contributed by atoms with Crippen molar-refractivity contribution in [3.8, 4) is 23.5 Å². The fraction of sp³-hybridized carbons (Fsp3) is 0. The first kappa shape index (κ1) is 16.1. The average molecular weight is 356 g/mol. The van der Waals surface area contributed by atoms with Crippen molar-refractivity contribution in [2.24, 2.45) is 0 Å². The molecule has 124 valence electrons. The van der Waals surface area contributed by atoms with Gasteiger partial charge in [-0.3, -0.25) is 0 Å². The van der Waals surface area contributed by atoms with E-state index in [1.54, 1.807) is 6.33 Å². The van der Waals surface area contributed by atoms with Crippen LogP contribution in [0.1, 0.15) is 5.56 Å². The molecule has 4 aromatic rings. The predicted octanol–water partition coefficient (Wildman–Crippen LogP) is 5.68. The predicted molar refractivity (Wildman–Crippen MR) is 108 cm³/mol. The molecule has 0 bridgehead atoms. The van der Waals surface area contributed by atoms with Crippen LogP contribution in [0.25, 0.3) is 22.0 Å². The first-order valence-corrected chi connectivity index (χ1v) is 8.45. The van der Waals surface area contributed by atoms with Gasteiger partial charge < -0.3 is 5.32 Å². The van der Waals surface area contributed by atoms with E-state index in [2.05, 4.69) is 27.3 Å². The number of hydrogen-bond donors (Lipinski definition) is 1. The Morgan fingerprint density at radius 2 is 1.69 bits per heavy atom. The Hall–Kier alpha value is -3.35. The second kappa shape index (κ2) is 6.87. The number of benzene rings is 3. The van der Waals surface area contributed by atoms with Crippen LogP contribution in [0.15, 0.2) is 73.1 Å². The summed E-state index contributed by atoms with van der Waals surface area (Å²) in [6.07, 6.45) is 7.04. The molecule has 1 aromatic heterocycles. The molecule has 1 heterocycles. The number of nitrogens with one attached hydrogen (secondary N) is 1. The SMILES string of the molecule is C#Cc1cccc(Nc2ncnc3ccc(-c4ccc(Cl)cc4)cc23)c1. The van der Waals surface area contributed by atoms with Crippen LogP contribution in [0.2, 0.25) is 5.02 Å². The second-order valence-corrected chi connectivity index (χ2v) is 6.25. The summed E-state index contributed by atoms with van der Waals surface area (Å²) in [5.41, 5.74) is 4.73. The van der Waals surface area contributed by atoms with E-state index in [1.807, 2.05) is 60.7 Å². The van der Waals surface area contributed by atoms with Crippen molar-refractivity contribution < 1.29 is 0 Å². The lowest BCUT2D eigenvalue weighted by Crippen LogP contribution is -1.96. The molecule has 0 unspecified atom stereocenters. The van der Waals surface area contributed by atoms with Crippen LogP contribution in [0, 0.1) is 12.3 Å². The summed E-state index contributed by atoms with van der Waals surface area (Å²) in [5, 5.41) is 4.99. The first-order valence-electron chi connectivity index (χ1n) is 8.07.